The summed E-state index contributed by atoms with van der Waals surface area (Å²) in [4.78, 5) is 48.2. The number of hydrogen-bond acceptors (Lipinski definition) is 5. The first-order valence-electron chi connectivity index (χ1n) is 15.2. The number of nitrogens with one attached hydrogen (secondary N) is 1. The summed E-state index contributed by atoms with van der Waals surface area (Å²) in [5, 5.41) is 7.85. The van der Waals surface area contributed by atoms with Crippen LogP contribution in [0, 0.1) is 11.8 Å². The molecule has 9 nitrogen and oxygen atoms in total. The number of aryl methyl sites for hydroxylation is 1. The summed E-state index contributed by atoms with van der Waals surface area (Å²) in [6.45, 7) is 9.85. The van der Waals surface area contributed by atoms with E-state index >= 15 is 0 Å². The number of hydrogen-bond donors (Lipinski definition) is 1. The molecule has 0 aliphatic carbocycles. The van der Waals surface area contributed by atoms with Gasteiger partial charge in [-0.2, -0.15) is 5.10 Å². The van der Waals surface area contributed by atoms with Crippen LogP contribution in [0.15, 0.2) is 30.3 Å². The molecule has 4 aliphatic heterocycles. The standard InChI is InChI=1S/C31H42N6O3/c1-4-37-27(19-22(33-37)18-21(2)3)29(39)34-14-8-13-32-28(38)25-20-23-10-7-17-36(23)31(25)24-11-5-6-12-26(24)35(30(31)40)16-9-15-34/h5-6,11-12,19,21,23,25H,4,7-10,13-18,20H2,1-3H3,(H,32,38)/t23-,25+,31+/m0/s1. The second kappa shape index (κ2) is 10.7. The van der Waals surface area contributed by atoms with Gasteiger partial charge in [-0.1, -0.05) is 32.0 Å². The fraction of sp³-hybridized carbons (Fsp3) is 0.613. The van der Waals surface area contributed by atoms with Crippen LogP contribution in [0.1, 0.15) is 74.6 Å². The lowest BCUT2D eigenvalue weighted by molar-refractivity contribution is -0.138. The second-order valence-electron chi connectivity index (χ2n) is 12.2. The molecule has 6 rings (SSSR count). The molecule has 1 N–H and O–H groups in total. The highest BCUT2D eigenvalue weighted by molar-refractivity contribution is 6.11. The molecule has 3 saturated heterocycles. The van der Waals surface area contributed by atoms with Gasteiger partial charge in [0.15, 0.2) is 0 Å². The highest BCUT2D eigenvalue weighted by Crippen LogP contribution is 2.57. The maximum absolute atomic E-state index is 14.5. The van der Waals surface area contributed by atoms with Gasteiger partial charge in [-0.25, -0.2) is 0 Å². The van der Waals surface area contributed by atoms with Crippen molar-refractivity contribution in [2.24, 2.45) is 11.8 Å². The van der Waals surface area contributed by atoms with Gasteiger partial charge in [-0.05, 0) is 70.0 Å². The number of carbonyl (C=O) groups is 3. The van der Waals surface area contributed by atoms with E-state index in [2.05, 4.69) is 35.2 Å². The lowest BCUT2D eigenvalue weighted by atomic mass is 9.78. The van der Waals surface area contributed by atoms with Crippen molar-refractivity contribution in [1.82, 2.24) is 24.9 Å². The first kappa shape index (κ1) is 27.0. The molecule has 3 atom stereocenters. The lowest BCUT2D eigenvalue weighted by Gasteiger charge is -2.37. The average Bonchev–Trinajstić information content (AvgIpc) is 3.68. The SMILES string of the molecule is CCn1nc(CC(C)C)cc1C(=O)N1CCCNC(=O)[C@H]2C[C@@H]3CCCN3[C@@]23C(=O)N(CCC1)c1ccccc13. The molecule has 1 spiro atoms. The number of amides is 3. The summed E-state index contributed by atoms with van der Waals surface area (Å²) in [6.07, 6.45) is 4.96. The molecule has 3 fully saturated rings. The van der Waals surface area contributed by atoms with Crippen LogP contribution in [0.4, 0.5) is 5.69 Å². The van der Waals surface area contributed by atoms with Crippen LogP contribution < -0.4 is 10.2 Å². The van der Waals surface area contributed by atoms with Crippen LogP contribution in [0.5, 0.6) is 0 Å². The molecule has 4 aliphatic rings. The zero-order valence-electron chi connectivity index (χ0n) is 24.1. The normalized spacial score (nSPS) is 27.1. The highest BCUT2D eigenvalue weighted by atomic mass is 16.2. The number of rotatable bonds is 4. The third-order valence-electron chi connectivity index (χ3n) is 9.30. The Balaban J connectivity index is 1.31. The number of benzene rings is 1. The summed E-state index contributed by atoms with van der Waals surface area (Å²) in [5.41, 5.74) is 2.51. The zero-order chi connectivity index (χ0) is 28.0. The summed E-state index contributed by atoms with van der Waals surface area (Å²) in [6, 6.07) is 10.2. The molecule has 40 heavy (non-hydrogen) atoms. The third-order valence-corrected chi connectivity index (χ3v) is 9.30. The molecule has 2 bridgehead atoms. The number of para-hydroxylation sites is 1. The molecule has 9 heteroatoms. The molecule has 2 aromatic rings. The molecule has 1 aromatic carbocycles. The number of nitrogens with zero attached hydrogens (tertiary/aromatic N) is 5. The predicted octanol–water partition coefficient (Wildman–Crippen LogP) is 3.18. The van der Waals surface area contributed by atoms with E-state index in [9.17, 15) is 14.4 Å². The van der Waals surface area contributed by atoms with Gasteiger partial charge in [-0.15, -0.1) is 0 Å². The van der Waals surface area contributed by atoms with Crippen molar-refractivity contribution in [3.8, 4) is 0 Å². The Hall–Kier alpha value is -3.20. The lowest BCUT2D eigenvalue weighted by Crippen LogP contribution is -2.56. The van der Waals surface area contributed by atoms with Crippen LogP contribution in [-0.4, -0.2) is 76.1 Å². The van der Waals surface area contributed by atoms with Crippen molar-refractivity contribution < 1.29 is 14.4 Å². The average molecular weight is 547 g/mol. The summed E-state index contributed by atoms with van der Waals surface area (Å²) < 4.78 is 1.81. The first-order chi connectivity index (χ1) is 19.4. The van der Waals surface area contributed by atoms with E-state index in [1.807, 2.05) is 41.0 Å². The maximum atomic E-state index is 14.5. The van der Waals surface area contributed by atoms with Gasteiger partial charge < -0.3 is 15.1 Å². The van der Waals surface area contributed by atoms with Crippen molar-refractivity contribution in [2.45, 2.75) is 77.4 Å². The van der Waals surface area contributed by atoms with Crippen molar-refractivity contribution in [3.63, 3.8) is 0 Å². The molecule has 0 unspecified atom stereocenters. The number of carbonyl (C=O) groups excluding carboxylic acids is 3. The van der Waals surface area contributed by atoms with Gasteiger partial charge >= 0.3 is 0 Å². The van der Waals surface area contributed by atoms with Crippen LogP contribution in [0.3, 0.4) is 0 Å². The Morgan fingerprint density at radius 3 is 2.70 bits per heavy atom. The number of anilines is 1. The van der Waals surface area contributed by atoms with E-state index in [-0.39, 0.29) is 23.8 Å². The van der Waals surface area contributed by atoms with E-state index in [1.54, 1.807) is 4.68 Å². The van der Waals surface area contributed by atoms with E-state index in [1.165, 1.54) is 0 Å². The minimum atomic E-state index is -0.925. The highest BCUT2D eigenvalue weighted by Gasteiger charge is 2.67. The van der Waals surface area contributed by atoms with Crippen LogP contribution in [0.25, 0.3) is 0 Å². The topological polar surface area (TPSA) is 90.8 Å². The molecule has 1 aromatic heterocycles. The molecular formula is C31H42N6O3. The molecule has 0 saturated carbocycles. The minimum Gasteiger partial charge on any atom is -0.356 e. The predicted molar refractivity (Wildman–Crippen MR) is 153 cm³/mol. The zero-order valence-corrected chi connectivity index (χ0v) is 24.1. The number of aromatic nitrogens is 2. The van der Waals surface area contributed by atoms with Crippen LogP contribution in [-0.2, 0) is 28.1 Å². The summed E-state index contributed by atoms with van der Waals surface area (Å²) in [5.74, 6) is -0.00583. The summed E-state index contributed by atoms with van der Waals surface area (Å²) in [7, 11) is 0. The van der Waals surface area contributed by atoms with Gasteiger partial charge in [0.25, 0.3) is 11.8 Å². The van der Waals surface area contributed by atoms with Crippen LogP contribution >= 0.6 is 0 Å². The van der Waals surface area contributed by atoms with Crippen molar-refractivity contribution >= 4 is 23.4 Å². The van der Waals surface area contributed by atoms with Crippen LogP contribution in [0.2, 0.25) is 0 Å². The molecular weight excluding hydrogens is 504 g/mol. The Morgan fingerprint density at radius 2 is 1.90 bits per heavy atom. The fourth-order valence-corrected chi connectivity index (χ4v) is 7.69. The second-order valence-corrected chi connectivity index (χ2v) is 12.2. The van der Waals surface area contributed by atoms with E-state index in [4.69, 9.17) is 0 Å². The van der Waals surface area contributed by atoms with Gasteiger partial charge in [0.05, 0.1) is 11.6 Å². The molecule has 214 valence electrons. The molecule has 5 heterocycles. The van der Waals surface area contributed by atoms with E-state index in [0.29, 0.717) is 63.6 Å². The van der Waals surface area contributed by atoms with Crippen molar-refractivity contribution in [1.29, 1.82) is 0 Å². The monoisotopic (exact) mass is 546 g/mol. The number of fused-ring (bicyclic) bond motifs is 4. The van der Waals surface area contributed by atoms with E-state index < -0.39 is 11.5 Å². The fourth-order valence-electron chi connectivity index (χ4n) is 7.69. The third kappa shape index (κ3) is 4.24. The van der Waals surface area contributed by atoms with Crippen molar-refractivity contribution in [2.75, 3.05) is 37.6 Å². The van der Waals surface area contributed by atoms with Gasteiger partial charge in [0.1, 0.15) is 11.2 Å². The van der Waals surface area contributed by atoms with Gasteiger partial charge in [0.2, 0.25) is 5.91 Å². The van der Waals surface area contributed by atoms with E-state index in [0.717, 1.165) is 42.8 Å². The van der Waals surface area contributed by atoms with Crippen molar-refractivity contribution in [3.05, 3.63) is 47.3 Å². The molecule has 3 amide bonds. The van der Waals surface area contributed by atoms with Gasteiger partial charge in [0, 0.05) is 50.0 Å². The Labute approximate surface area is 236 Å². The minimum absolute atomic E-state index is 0.0257. The smallest absolute Gasteiger partial charge is 0.272 e. The largest absolute Gasteiger partial charge is 0.356 e. The summed E-state index contributed by atoms with van der Waals surface area (Å²) >= 11 is 0. The Morgan fingerprint density at radius 1 is 1.10 bits per heavy atom. The maximum Gasteiger partial charge on any atom is 0.272 e. The first-order valence-corrected chi connectivity index (χ1v) is 15.2. The molecule has 0 radical (unpaired) electrons. The van der Waals surface area contributed by atoms with Gasteiger partial charge in [-0.3, -0.25) is 24.0 Å². The quantitative estimate of drug-likeness (QED) is 0.636. The Kier molecular flexibility index (Phi) is 7.19. The Bertz CT molecular complexity index is 1300.